The summed E-state index contributed by atoms with van der Waals surface area (Å²) in [7, 11) is 0. The van der Waals surface area contributed by atoms with Crippen LogP contribution in [0, 0.1) is 5.92 Å². The molecule has 0 aromatic rings. The molecular weight excluding hydrogens is 164 g/mol. The van der Waals surface area contributed by atoms with Crippen LogP contribution in [0.25, 0.3) is 0 Å². The number of rotatable bonds is 6. The predicted octanol–water partition coefficient (Wildman–Crippen LogP) is 0.428. The zero-order valence-corrected chi connectivity index (χ0v) is 8.58. The zero-order chi connectivity index (χ0) is 9.68. The molecule has 1 aliphatic carbocycles. The SMILES string of the molecule is CC(CO)CN(CCN)C1CCC1. The van der Waals surface area contributed by atoms with E-state index >= 15 is 0 Å². The Hall–Kier alpha value is -0.120. The van der Waals surface area contributed by atoms with Crippen molar-refractivity contribution in [2.75, 3.05) is 26.2 Å². The van der Waals surface area contributed by atoms with Gasteiger partial charge in [0, 0.05) is 32.3 Å². The van der Waals surface area contributed by atoms with E-state index in [1.54, 1.807) is 0 Å². The first kappa shape index (κ1) is 11.0. The van der Waals surface area contributed by atoms with Crippen molar-refractivity contribution in [1.29, 1.82) is 0 Å². The van der Waals surface area contributed by atoms with E-state index in [1.165, 1.54) is 19.3 Å². The van der Waals surface area contributed by atoms with E-state index in [0.717, 1.165) is 25.7 Å². The molecule has 0 aromatic carbocycles. The van der Waals surface area contributed by atoms with Gasteiger partial charge in [-0.25, -0.2) is 0 Å². The number of aliphatic hydroxyl groups is 1. The summed E-state index contributed by atoms with van der Waals surface area (Å²) in [4.78, 5) is 2.43. The predicted molar refractivity (Wildman–Crippen MR) is 54.5 cm³/mol. The van der Waals surface area contributed by atoms with Crippen LogP contribution in [0.4, 0.5) is 0 Å². The van der Waals surface area contributed by atoms with Crippen molar-refractivity contribution < 1.29 is 5.11 Å². The Bertz CT molecular complexity index is 137. The fraction of sp³-hybridized carbons (Fsp3) is 1.00. The third-order valence-corrected chi connectivity index (χ3v) is 2.87. The van der Waals surface area contributed by atoms with Gasteiger partial charge >= 0.3 is 0 Å². The molecule has 0 spiro atoms. The lowest BCUT2D eigenvalue weighted by atomic mass is 9.91. The van der Waals surface area contributed by atoms with Crippen LogP contribution < -0.4 is 5.73 Å². The summed E-state index contributed by atoms with van der Waals surface area (Å²) in [5.74, 6) is 0.382. The molecule has 0 bridgehead atoms. The van der Waals surface area contributed by atoms with E-state index in [0.29, 0.717) is 5.92 Å². The lowest BCUT2D eigenvalue weighted by Crippen LogP contribution is -2.45. The summed E-state index contributed by atoms with van der Waals surface area (Å²) in [6.45, 7) is 5.08. The minimum absolute atomic E-state index is 0.286. The first-order valence-corrected chi connectivity index (χ1v) is 5.33. The van der Waals surface area contributed by atoms with Crippen molar-refractivity contribution >= 4 is 0 Å². The fourth-order valence-corrected chi connectivity index (χ4v) is 1.80. The van der Waals surface area contributed by atoms with Crippen molar-refractivity contribution in [3.63, 3.8) is 0 Å². The number of hydrogen-bond acceptors (Lipinski definition) is 3. The molecule has 1 atom stereocenters. The zero-order valence-electron chi connectivity index (χ0n) is 8.58. The summed E-state index contributed by atoms with van der Waals surface area (Å²) < 4.78 is 0. The molecule has 78 valence electrons. The molecule has 0 saturated heterocycles. The minimum atomic E-state index is 0.286. The Balaban J connectivity index is 2.28. The van der Waals surface area contributed by atoms with Crippen LogP contribution in [-0.4, -0.2) is 42.3 Å². The van der Waals surface area contributed by atoms with Crippen LogP contribution in [0.1, 0.15) is 26.2 Å². The van der Waals surface area contributed by atoms with E-state index in [1.807, 2.05) is 0 Å². The molecule has 1 unspecified atom stereocenters. The number of nitrogens with two attached hydrogens (primary N) is 1. The Labute approximate surface area is 80.9 Å². The average molecular weight is 186 g/mol. The smallest absolute Gasteiger partial charge is 0.0468 e. The molecule has 0 amide bonds. The highest BCUT2D eigenvalue weighted by atomic mass is 16.3. The molecule has 3 nitrogen and oxygen atoms in total. The van der Waals surface area contributed by atoms with Gasteiger partial charge in [0.15, 0.2) is 0 Å². The fourth-order valence-electron chi connectivity index (χ4n) is 1.80. The third-order valence-electron chi connectivity index (χ3n) is 2.87. The van der Waals surface area contributed by atoms with Gasteiger partial charge in [-0.05, 0) is 18.8 Å². The molecule has 0 aromatic heterocycles. The highest BCUT2D eigenvalue weighted by Gasteiger charge is 2.24. The van der Waals surface area contributed by atoms with Crippen molar-refractivity contribution in [3.8, 4) is 0 Å². The van der Waals surface area contributed by atoms with Gasteiger partial charge in [0.1, 0.15) is 0 Å². The van der Waals surface area contributed by atoms with E-state index in [2.05, 4.69) is 11.8 Å². The second kappa shape index (κ2) is 5.58. The molecule has 0 aliphatic heterocycles. The van der Waals surface area contributed by atoms with Crippen LogP contribution in [0.3, 0.4) is 0 Å². The Kier molecular flexibility index (Phi) is 4.70. The van der Waals surface area contributed by atoms with Crippen LogP contribution in [0.15, 0.2) is 0 Å². The Morgan fingerprint density at radius 1 is 1.54 bits per heavy atom. The number of aliphatic hydroxyl groups excluding tert-OH is 1. The molecule has 3 N–H and O–H groups in total. The Morgan fingerprint density at radius 2 is 2.23 bits per heavy atom. The lowest BCUT2D eigenvalue weighted by molar-refractivity contribution is 0.0958. The second-order valence-corrected chi connectivity index (χ2v) is 4.16. The maximum atomic E-state index is 8.97. The molecule has 0 heterocycles. The van der Waals surface area contributed by atoms with E-state index in [4.69, 9.17) is 10.8 Å². The summed E-state index contributed by atoms with van der Waals surface area (Å²) in [6.07, 6.45) is 4.00. The number of hydrogen-bond donors (Lipinski definition) is 2. The van der Waals surface area contributed by atoms with Crippen LogP contribution >= 0.6 is 0 Å². The standard InChI is InChI=1S/C10H22N2O/c1-9(8-13)7-12(6-5-11)10-3-2-4-10/h9-10,13H,2-8,11H2,1H3. The summed E-state index contributed by atoms with van der Waals surface area (Å²) >= 11 is 0. The first-order valence-electron chi connectivity index (χ1n) is 5.33. The van der Waals surface area contributed by atoms with E-state index in [-0.39, 0.29) is 6.61 Å². The largest absolute Gasteiger partial charge is 0.396 e. The summed E-state index contributed by atoms with van der Waals surface area (Å²) in [5.41, 5.74) is 5.56. The van der Waals surface area contributed by atoms with Crippen molar-refractivity contribution in [2.24, 2.45) is 11.7 Å². The molecular formula is C10H22N2O. The maximum absolute atomic E-state index is 8.97. The Morgan fingerprint density at radius 3 is 2.62 bits per heavy atom. The second-order valence-electron chi connectivity index (χ2n) is 4.16. The van der Waals surface area contributed by atoms with Crippen molar-refractivity contribution in [2.45, 2.75) is 32.2 Å². The summed E-state index contributed by atoms with van der Waals surface area (Å²) in [5, 5.41) is 8.97. The molecule has 1 saturated carbocycles. The van der Waals surface area contributed by atoms with Gasteiger partial charge in [0.05, 0.1) is 0 Å². The molecule has 3 heteroatoms. The maximum Gasteiger partial charge on any atom is 0.0468 e. The molecule has 1 aliphatic rings. The van der Waals surface area contributed by atoms with Gasteiger partial charge < -0.3 is 10.8 Å². The van der Waals surface area contributed by atoms with Crippen LogP contribution in [0.5, 0.6) is 0 Å². The first-order chi connectivity index (χ1) is 6.27. The normalized spacial score (nSPS) is 20.3. The average Bonchev–Trinajstić information content (AvgIpc) is 2.01. The van der Waals surface area contributed by atoms with Crippen LogP contribution in [0.2, 0.25) is 0 Å². The highest BCUT2D eigenvalue weighted by molar-refractivity contribution is 4.81. The molecule has 13 heavy (non-hydrogen) atoms. The lowest BCUT2D eigenvalue weighted by Gasteiger charge is -2.38. The summed E-state index contributed by atoms with van der Waals surface area (Å²) in [6, 6.07) is 0.748. The van der Waals surface area contributed by atoms with Gasteiger partial charge in [-0.3, -0.25) is 4.90 Å². The number of nitrogens with zero attached hydrogens (tertiary/aromatic N) is 1. The molecule has 1 rings (SSSR count). The van der Waals surface area contributed by atoms with Crippen molar-refractivity contribution in [3.05, 3.63) is 0 Å². The highest BCUT2D eigenvalue weighted by Crippen LogP contribution is 2.24. The van der Waals surface area contributed by atoms with E-state index < -0.39 is 0 Å². The monoisotopic (exact) mass is 186 g/mol. The van der Waals surface area contributed by atoms with Gasteiger partial charge in [0.25, 0.3) is 0 Å². The van der Waals surface area contributed by atoms with Crippen molar-refractivity contribution in [1.82, 2.24) is 4.90 Å². The third kappa shape index (κ3) is 3.25. The quantitative estimate of drug-likeness (QED) is 0.632. The molecule has 1 fully saturated rings. The topological polar surface area (TPSA) is 49.5 Å². The minimum Gasteiger partial charge on any atom is -0.396 e. The van der Waals surface area contributed by atoms with Gasteiger partial charge in [-0.1, -0.05) is 13.3 Å². The van der Waals surface area contributed by atoms with E-state index in [9.17, 15) is 0 Å². The van der Waals surface area contributed by atoms with Gasteiger partial charge in [-0.15, -0.1) is 0 Å². The van der Waals surface area contributed by atoms with Gasteiger partial charge in [-0.2, -0.15) is 0 Å². The molecule has 0 radical (unpaired) electrons. The van der Waals surface area contributed by atoms with Crippen LogP contribution in [-0.2, 0) is 0 Å². The van der Waals surface area contributed by atoms with Gasteiger partial charge in [0.2, 0.25) is 0 Å².